The van der Waals surface area contributed by atoms with Gasteiger partial charge in [-0.3, -0.25) is 4.79 Å². The van der Waals surface area contributed by atoms with Crippen LogP contribution in [0.1, 0.15) is 61.9 Å². The van der Waals surface area contributed by atoms with Crippen LogP contribution in [0.4, 0.5) is 0 Å². The van der Waals surface area contributed by atoms with E-state index in [1.165, 1.54) is 16.5 Å². The molecule has 4 aromatic carbocycles. The summed E-state index contributed by atoms with van der Waals surface area (Å²) >= 11 is 7.46. The number of halogens is 2. The smallest absolute Gasteiger partial charge is 0.282 e. The van der Waals surface area contributed by atoms with Gasteiger partial charge >= 0.3 is 0 Å². The fourth-order valence-electron chi connectivity index (χ4n) is 5.66. The van der Waals surface area contributed by atoms with Crippen LogP contribution in [0.15, 0.2) is 91.6 Å². The highest BCUT2D eigenvalue weighted by Gasteiger charge is 2.23. The quantitative estimate of drug-likeness (QED) is 0.153. The van der Waals surface area contributed by atoms with Crippen LogP contribution in [0.3, 0.4) is 0 Å². The van der Waals surface area contributed by atoms with Crippen molar-refractivity contribution >= 4 is 59.7 Å². The Kier molecular flexibility index (Phi) is 8.72. The zero-order valence-electron chi connectivity index (χ0n) is 23.4. The number of nitrogens with zero attached hydrogens (tertiary/aromatic N) is 3. The van der Waals surface area contributed by atoms with E-state index in [-0.39, 0.29) is 11.5 Å². The topological polar surface area (TPSA) is 65.7 Å². The van der Waals surface area contributed by atoms with E-state index in [4.69, 9.17) is 19.6 Å². The van der Waals surface area contributed by atoms with Crippen molar-refractivity contribution in [3.05, 3.63) is 109 Å². The van der Waals surface area contributed by atoms with E-state index in [0.29, 0.717) is 40.1 Å². The molecule has 0 saturated heterocycles. The first-order chi connectivity index (χ1) is 20.5. The van der Waals surface area contributed by atoms with Gasteiger partial charge in [0, 0.05) is 16.0 Å². The van der Waals surface area contributed by atoms with Gasteiger partial charge in [0.25, 0.3) is 5.56 Å². The minimum Gasteiger partial charge on any atom is -0.490 e. The predicted octanol–water partition coefficient (Wildman–Crippen LogP) is 8.98. The Morgan fingerprint density at radius 1 is 0.929 bits per heavy atom. The molecule has 0 bridgehead atoms. The van der Waals surface area contributed by atoms with Crippen LogP contribution in [-0.2, 0) is 6.61 Å². The van der Waals surface area contributed by atoms with Crippen molar-refractivity contribution in [2.45, 2.75) is 51.6 Å². The lowest BCUT2D eigenvalue weighted by Crippen LogP contribution is -2.25. The maximum atomic E-state index is 13.6. The lowest BCUT2D eigenvalue weighted by atomic mass is 9.88. The summed E-state index contributed by atoms with van der Waals surface area (Å²) in [5.74, 6) is 2.11. The number of rotatable bonds is 8. The average molecular weight is 689 g/mol. The van der Waals surface area contributed by atoms with E-state index in [0.717, 1.165) is 52.5 Å². The van der Waals surface area contributed by atoms with Crippen molar-refractivity contribution in [2.24, 2.45) is 5.10 Å². The summed E-state index contributed by atoms with van der Waals surface area (Å²) in [6.45, 7) is 2.78. The van der Waals surface area contributed by atoms with Gasteiger partial charge in [-0.2, -0.15) is 9.78 Å². The highest BCUT2D eigenvalue weighted by Crippen LogP contribution is 2.43. The monoisotopic (exact) mass is 687 g/mol. The van der Waals surface area contributed by atoms with Crippen LogP contribution in [0.25, 0.3) is 21.7 Å². The Hall–Kier alpha value is -3.49. The molecule has 6 nitrogen and oxygen atoms in total. The molecule has 0 spiro atoms. The first-order valence-electron chi connectivity index (χ1n) is 14.4. The predicted molar refractivity (Wildman–Crippen MR) is 176 cm³/mol. The first-order valence-corrected chi connectivity index (χ1v) is 15.9. The fraction of sp³-hybridized carbons (Fsp3) is 0.265. The van der Waals surface area contributed by atoms with Gasteiger partial charge in [0.05, 0.1) is 28.2 Å². The van der Waals surface area contributed by atoms with Crippen molar-refractivity contribution < 1.29 is 9.47 Å². The van der Waals surface area contributed by atoms with Gasteiger partial charge < -0.3 is 9.47 Å². The number of para-hydroxylation sites is 1. The molecule has 0 aliphatic heterocycles. The Labute approximate surface area is 261 Å². The first kappa shape index (κ1) is 28.6. The van der Waals surface area contributed by atoms with Gasteiger partial charge in [-0.05, 0) is 86.2 Å². The summed E-state index contributed by atoms with van der Waals surface area (Å²) in [5, 5.41) is 7.61. The van der Waals surface area contributed by atoms with E-state index >= 15 is 0 Å². The molecule has 42 heavy (non-hydrogen) atoms. The molecule has 1 fully saturated rings. The fourth-order valence-corrected chi connectivity index (χ4v) is 6.60. The molecule has 1 aliphatic rings. The zero-order chi connectivity index (χ0) is 29.1. The second kappa shape index (κ2) is 12.8. The van der Waals surface area contributed by atoms with Crippen molar-refractivity contribution in [1.82, 2.24) is 9.66 Å². The van der Waals surface area contributed by atoms with Crippen molar-refractivity contribution in [3.8, 4) is 11.5 Å². The molecular formula is C34H31Br2N3O3. The molecule has 0 radical (unpaired) electrons. The van der Waals surface area contributed by atoms with E-state index in [9.17, 15) is 4.79 Å². The molecule has 1 saturated carbocycles. The summed E-state index contributed by atoms with van der Waals surface area (Å²) in [6, 6.07) is 23.9. The van der Waals surface area contributed by atoms with Gasteiger partial charge in [0.2, 0.25) is 0 Å². The van der Waals surface area contributed by atoms with Crippen molar-refractivity contribution in [2.75, 3.05) is 6.61 Å². The van der Waals surface area contributed by atoms with Crippen molar-refractivity contribution in [1.29, 1.82) is 0 Å². The van der Waals surface area contributed by atoms with E-state index in [2.05, 4.69) is 56.1 Å². The summed E-state index contributed by atoms with van der Waals surface area (Å²) in [7, 11) is 0. The van der Waals surface area contributed by atoms with E-state index in [1.807, 2.05) is 55.5 Å². The van der Waals surface area contributed by atoms with E-state index < -0.39 is 0 Å². The van der Waals surface area contributed by atoms with Crippen LogP contribution in [0.5, 0.6) is 11.5 Å². The number of ether oxygens (including phenoxy) is 2. The third kappa shape index (κ3) is 5.75. The van der Waals surface area contributed by atoms with Gasteiger partial charge in [0.15, 0.2) is 11.5 Å². The summed E-state index contributed by atoms with van der Waals surface area (Å²) in [6.07, 6.45) is 7.18. The summed E-state index contributed by atoms with van der Waals surface area (Å²) in [4.78, 5) is 18.6. The Balaban J connectivity index is 1.37. The maximum Gasteiger partial charge on any atom is 0.282 e. The Bertz CT molecular complexity index is 1840. The zero-order valence-corrected chi connectivity index (χ0v) is 26.5. The van der Waals surface area contributed by atoms with Crippen LogP contribution in [0.2, 0.25) is 0 Å². The van der Waals surface area contributed by atoms with Crippen molar-refractivity contribution in [3.63, 3.8) is 0 Å². The third-order valence-electron chi connectivity index (χ3n) is 7.77. The Morgan fingerprint density at radius 3 is 2.48 bits per heavy atom. The normalized spacial score (nSPS) is 14.2. The summed E-state index contributed by atoms with van der Waals surface area (Å²) < 4.78 is 15.3. The molecule has 0 amide bonds. The Morgan fingerprint density at radius 2 is 1.67 bits per heavy atom. The number of hydrogen-bond donors (Lipinski definition) is 0. The minimum absolute atomic E-state index is 0.160. The highest BCUT2D eigenvalue weighted by molar-refractivity contribution is 9.13. The molecule has 0 atom stereocenters. The molecular weight excluding hydrogens is 658 g/mol. The third-order valence-corrected chi connectivity index (χ3v) is 9.91. The summed E-state index contributed by atoms with van der Waals surface area (Å²) in [5.41, 5.74) is 2.39. The molecule has 1 aromatic heterocycles. The molecule has 0 unspecified atom stereocenters. The van der Waals surface area contributed by atoms with Gasteiger partial charge in [-0.1, -0.05) is 73.9 Å². The molecule has 1 aliphatic carbocycles. The SMILES string of the molecule is CCOc1cc(C=Nn2c(C3CCCCC3)nc3ccccc3c2=O)c(Br)c(Br)c1OCc1cccc2ccccc12. The molecule has 6 rings (SSSR count). The molecule has 5 aromatic rings. The van der Waals surface area contributed by atoms with E-state index in [1.54, 1.807) is 6.21 Å². The number of benzene rings is 4. The van der Waals surface area contributed by atoms with Crippen LogP contribution in [-0.4, -0.2) is 22.5 Å². The maximum absolute atomic E-state index is 13.6. The van der Waals surface area contributed by atoms with Gasteiger partial charge in [-0.15, -0.1) is 0 Å². The molecule has 0 N–H and O–H groups in total. The molecule has 8 heteroatoms. The number of aromatic nitrogens is 2. The number of fused-ring (bicyclic) bond motifs is 2. The van der Waals surface area contributed by atoms with Gasteiger partial charge in [0.1, 0.15) is 12.4 Å². The molecule has 1 heterocycles. The highest BCUT2D eigenvalue weighted by atomic mass is 79.9. The molecule has 214 valence electrons. The lowest BCUT2D eigenvalue weighted by Gasteiger charge is -2.22. The van der Waals surface area contributed by atoms with Crippen LogP contribution < -0.4 is 15.0 Å². The lowest BCUT2D eigenvalue weighted by molar-refractivity contribution is 0.268. The van der Waals surface area contributed by atoms with Gasteiger partial charge in [-0.25, -0.2) is 4.98 Å². The average Bonchev–Trinajstić information content (AvgIpc) is 3.03. The standard InChI is InChI=1S/C34H31Br2N3O3/c1-2-41-29-19-25(30(35)31(36)32(29)42-21-24-15-10-14-22-11-6-7-16-26(22)24)20-37-39-33(23-12-4-3-5-13-23)38-28-18-9-8-17-27(28)34(39)40/h6-11,14-20,23H,2-5,12-13,21H2,1H3. The van der Waals surface area contributed by atoms with Crippen LogP contribution in [0, 0.1) is 0 Å². The second-order valence-corrected chi connectivity index (χ2v) is 12.1. The number of hydrogen-bond acceptors (Lipinski definition) is 5. The van der Waals surface area contributed by atoms with Crippen LogP contribution >= 0.6 is 31.9 Å². The minimum atomic E-state index is -0.160. The second-order valence-electron chi connectivity index (χ2n) is 10.5. The largest absolute Gasteiger partial charge is 0.490 e.